The molecule has 0 saturated heterocycles. The lowest BCUT2D eigenvalue weighted by molar-refractivity contribution is -0.118. The number of nitrogens with zero attached hydrogens (tertiary/aromatic N) is 1. The van der Waals surface area contributed by atoms with E-state index in [1.807, 2.05) is 30.1 Å². The minimum atomic E-state index is -0.210. The molecule has 0 bridgehead atoms. The van der Waals surface area contributed by atoms with Gasteiger partial charge in [0.05, 0.1) is 5.25 Å². The average Bonchev–Trinajstić information content (AvgIpc) is 2.78. The molecule has 0 aromatic heterocycles. The summed E-state index contributed by atoms with van der Waals surface area (Å²) in [7, 11) is 1.89. The molecule has 142 valence electrons. The van der Waals surface area contributed by atoms with Gasteiger partial charge in [0.25, 0.3) is 0 Å². The highest BCUT2D eigenvalue weighted by Crippen LogP contribution is 2.46. The van der Waals surface area contributed by atoms with Crippen LogP contribution >= 0.6 is 11.8 Å². The number of amides is 1. The maximum Gasteiger partial charge on any atom is 0.241 e. The molecule has 1 amide bonds. The molecule has 4 aromatic rings. The number of benzene rings is 4. The molecule has 1 aliphatic heterocycles. The number of rotatable bonds is 3. The van der Waals surface area contributed by atoms with Crippen LogP contribution in [0.15, 0.2) is 102 Å². The number of hydrogen-bond acceptors (Lipinski definition) is 2. The second-order valence-electron chi connectivity index (χ2n) is 7.39. The van der Waals surface area contributed by atoms with Crippen LogP contribution in [-0.4, -0.2) is 18.2 Å². The molecule has 0 spiro atoms. The SMILES string of the molecule is CN1C(=O)[C@H](Sc2ccc3ccccc3c2)[C@H](c2ccccc2)c2ccccc21. The third-order valence-electron chi connectivity index (χ3n) is 5.65. The third kappa shape index (κ3) is 3.22. The van der Waals surface area contributed by atoms with Crippen LogP contribution in [0.25, 0.3) is 10.8 Å². The fraction of sp³-hybridized carbons (Fsp3) is 0.115. The monoisotopic (exact) mass is 395 g/mol. The number of thioether (sulfide) groups is 1. The predicted molar refractivity (Wildman–Crippen MR) is 122 cm³/mol. The van der Waals surface area contributed by atoms with E-state index < -0.39 is 0 Å². The van der Waals surface area contributed by atoms with Gasteiger partial charge in [-0.2, -0.15) is 0 Å². The van der Waals surface area contributed by atoms with Crippen LogP contribution in [0.2, 0.25) is 0 Å². The first kappa shape index (κ1) is 18.0. The molecule has 2 nitrogen and oxygen atoms in total. The first-order chi connectivity index (χ1) is 14.2. The van der Waals surface area contributed by atoms with Gasteiger partial charge in [-0.25, -0.2) is 0 Å². The molecule has 0 unspecified atom stereocenters. The van der Waals surface area contributed by atoms with Gasteiger partial charge in [0.1, 0.15) is 0 Å². The molecule has 1 aliphatic rings. The van der Waals surface area contributed by atoms with E-state index in [1.54, 1.807) is 11.8 Å². The minimum Gasteiger partial charge on any atom is -0.314 e. The summed E-state index contributed by atoms with van der Waals surface area (Å²) in [5, 5.41) is 2.21. The highest BCUT2D eigenvalue weighted by atomic mass is 32.2. The van der Waals surface area contributed by atoms with Crippen molar-refractivity contribution in [2.75, 3.05) is 11.9 Å². The van der Waals surface area contributed by atoms with Crippen molar-refractivity contribution in [3.05, 3.63) is 108 Å². The standard InChI is InChI=1S/C26H21NOS/c1-27-23-14-8-7-13-22(23)24(19-10-3-2-4-11-19)25(26(27)28)29-21-16-15-18-9-5-6-12-20(18)17-21/h2-17,24-25H,1H3/t24-,25-/m1/s1. The average molecular weight is 396 g/mol. The Balaban J connectivity index is 1.61. The second kappa shape index (κ2) is 7.41. The van der Waals surface area contributed by atoms with Gasteiger partial charge < -0.3 is 4.90 Å². The highest BCUT2D eigenvalue weighted by molar-refractivity contribution is 8.00. The summed E-state index contributed by atoms with van der Waals surface area (Å²) in [6.07, 6.45) is 0. The Kier molecular flexibility index (Phi) is 4.61. The maximum atomic E-state index is 13.4. The lowest BCUT2D eigenvalue weighted by atomic mass is 9.84. The molecule has 3 heteroatoms. The van der Waals surface area contributed by atoms with Crippen molar-refractivity contribution >= 4 is 34.1 Å². The fourth-order valence-corrected chi connectivity index (χ4v) is 5.53. The van der Waals surface area contributed by atoms with E-state index in [0.717, 1.165) is 10.6 Å². The summed E-state index contributed by atoms with van der Waals surface area (Å²) in [5.41, 5.74) is 3.39. The molecule has 29 heavy (non-hydrogen) atoms. The van der Waals surface area contributed by atoms with E-state index >= 15 is 0 Å². The zero-order valence-corrected chi connectivity index (χ0v) is 17.0. The van der Waals surface area contributed by atoms with Crippen molar-refractivity contribution in [3.8, 4) is 0 Å². The number of carbonyl (C=O) groups excluding carboxylic acids is 1. The summed E-state index contributed by atoms with van der Waals surface area (Å²) in [6, 6.07) is 33.5. The van der Waals surface area contributed by atoms with Crippen molar-refractivity contribution in [3.63, 3.8) is 0 Å². The van der Waals surface area contributed by atoms with Crippen molar-refractivity contribution in [1.29, 1.82) is 0 Å². The van der Waals surface area contributed by atoms with E-state index in [9.17, 15) is 4.79 Å². The Morgan fingerprint density at radius 2 is 1.45 bits per heavy atom. The van der Waals surface area contributed by atoms with Gasteiger partial charge >= 0.3 is 0 Å². The number of anilines is 1. The Morgan fingerprint density at radius 3 is 2.28 bits per heavy atom. The van der Waals surface area contributed by atoms with Gasteiger partial charge in [0.2, 0.25) is 5.91 Å². The molecule has 0 aliphatic carbocycles. The van der Waals surface area contributed by atoms with E-state index in [0.29, 0.717) is 0 Å². The van der Waals surface area contributed by atoms with E-state index in [2.05, 4.69) is 78.9 Å². The predicted octanol–water partition coefficient (Wildman–Crippen LogP) is 6.11. The van der Waals surface area contributed by atoms with Crippen LogP contribution in [0.3, 0.4) is 0 Å². The maximum absolute atomic E-state index is 13.4. The zero-order valence-electron chi connectivity index (χ0n) is 16.2. The highest BCUT2D eigenvalue weighted by Gasteiger charge is 2.40. The number of hydrogen-bond donors (Lipinski definition) is 0. The van der Waals surface area contributed by atoms with Crippen LogP contribution in [0.4, 0.5) is 5.69 Å². The lowest BCUT2D eigenvalue weighted by Gasteiger charge is -2.37. The first-order valence-electron chi connectivity index (χ1n) is 9.79. The topological polar surface area (TPSA) is 20.3 Å². The van der Waals surface area contributed by atoms with Crippen LogP contribution in [0.5, 0.6) is 0 Å². The second-order valence-corrected chi connectivity index (χ2v) is 8.61. The summed E-state index contributed by atoms with van der Waals surface area (Å²) in [4.78, 5) is 16.4. The Hall–Kier alpha value is -3.04. The van der Waals surface area contributed by atoms with Crippen LogP contribution in [0.1, 0.15) is 17.0 Å². The van der Waals surface area contributed by atoms with E-state index in [4.69, 9.17) is 0 Å². The summed E-state index contributed by atoms with van der Waals surface area (Å²) in [6.45, 7) is 0. The van der Waals surface area contributed by atoms with Gasteiger partial charge in [-0.05, 0) is 40.1 Å². The van der Waals surface area contributed by atoms with Gasteiger partial charge in [-0.15, -0.1) is 11.8 Å². The van der Waals surface area contributed by atoms with Crippen LogP contribution in [0, 0.1) is 0 Å². The molecule has 0 N–H and O–H groups in total. The molecular weight excluding hydrogens is 374 g/mol. The Bertz CT molecular complexity index is 1190. The molecule has 0 saturated carbocycles. The number of carbonyl (C=O) groups is 1. The lowest BCUT2D eigenvalue weighted by Crippen LogP contribution is -2.43. The van der Waals surface area contributed by atoms with Gasteiger partial charge in [0.15, 0.2) is 0 Å². The zero-order chi connectivity index (χ0) is 19.8. The van der Waals surface area contributed by atoms with Gasteiger partial charge in [0, 0.05) is 23.5 Å². The molecule has 0 radical (unpaired) electrons. The molecule has 4 aromatic carbocycles. The summed E-state index contributed by atoms with van der Waals surface area (Å²) in [5.74, 6) is 0.170. The van der Waals surface area contributed by atoms with E-state index in [-0.39, 0.29) is 17.1 Å². The minimum absolute atomic E-state index is 0.0209. The summed E-state index contributed by atoms with van der Waals surface area (Å²) >= 11 is 1.67. The molecule has 5 rings (SSSR count). The quantitative estimate of drug-likeness (QED) is 0.417. The van der Waals surface area contributed by atoms with E-state index in [1.165, 1.54) is 21.9 Å². The molecule has 2 atom stereocenters. The van der Waals surface area contributed by atoms with Crippen molar-refractivity contribution in [2.45, 2.75) is 16.1 Å². The Labute approximate surface area is 175 Å². The third-order valence-corrected chi connectivity index (χ3v) is 6.91. The molecule has 0 fully saturated rings. The van der Waals surface area contributed by atoms with Crippen LogP contribution in [-0.2, 0) is 4.79 Å². The van der Waals surface area contributed by atoms with Gasteiger partial charge in [-0.1, -0.05) is 78.9 Å². The molecular formula is C26H21NOS. The molecule has 1 heterocycles. The Morgan fingerprint density at radius 1 is 0.759 bits per heavy atom. The van der Waals surface area contributed by atoms with Crippen molar-refractivity contribution in [1.82, 2.24) is 0 Å². The largest absolute Gasteiger partial charge is 0.314 e. The van der Waals surface area contributed by atoms with Crippen molar-refractivity contribution in [2.24, 2.45) is 0 Å². The number of para-hydroxylation sites is 1. The normalized spacial score (nSPS) is 18.7. The summed E-state index contributed by atoms with van der Waals surface area (Å²) < 4.78 is 0. The fourth-order valence-electron chi connectivity index (χ4n) is 4.19. The number of fused-ring (bicyclic) bond motifs is 2. The van der Waals surface area contributed by atoms with Gasteiger partial charge in [-0.3, -0.25) is 4.79 Å². The van der Waals surface area contributed by atoms with Crippen LogP contribution < -0.4 is 4.90 Å². The van der Waals surface area contributed by atoms with Crippen molar-refractivity contribution < 1.29 is 4.79 Å². The first-order valence-corrected chi connectivity index (χ1v) is 10.7. The smallest absolute Gasteiger partial charge is 0.241 e.